The van der Waals surface area contributed by atoms with Crippen molar-refractivity contribution in [3.05, 3.63) is 97.2 Å². The number of unbranched alkanes of at least 4 members (excludes halogenated alkanes) is 26. The van der Waals surface area contributed by atoms with Crippen molar-refractivity contribution in [1.29, 1.82) is 0 Å². The molecule has 0 rings (SSSR count). The summed E-state index contributed by atoms with van der Waals surface area (Å²) < 4.78 is 30.6. The maximum Gasteiger partial charge on any atom is 0.472 e. The molecule has 9 nitrogen and oxygen atoms in total. The molecule has 0 saturated heterocycles. The van der Waals surface area contributed by atoms with Crippen LogP contribution in [0.1, 0.15) is 265 Å². The number of nitrogens with zero attached hydrogens (tertiary/aromatic N) is 1. The third kappa shape index (κ3) is 57.4. The van der Waals surface area contributed by atoms with E-state index in [0.717, 1.165) is 77.0 Å². The Kier molecular flexibility index (Phi) is 54.0. The lowest BCUT2D eigenvalue weighted by atomic mass is 10.0. The van der Waals surface area contributed by atoms with Gasteiger partial charge >= 0.3 is 13.8 Å². The van der Waals surface area contributed by atoms with Crippen LogP contribution in [0, 0.1) is 0 Å². The highest BCUT2D eigenvalue weighted by Crippen LogP contribution is 2.43. The van der Waals surface area contributed by atoms with E-state index in [1.165, 1.54) is 148 Å². The summed E-state index contributed by atoms with van der Waals surface area (Å²) >= 11 is 0. The number of hydrogen-bond acceptors (Lipinski definition) is 6. The lowest BCUT2D eigenvalue weighted by Gasteiger charge is -2.27. The number of rotatable bonds is 56. The average Bonchev–Trinajstić information content (AvgIpc) is 3.39. The van der Waals surface area contributed by atoms with Crippen LogP contribution in [0.3, 0.4) is 0 Å². The van der Waals surface area contributed by atoms with E-state index in [1.54, 1.807) is 0 Å². The van der Waals surface area contributed by atoms with Gasteiger partial charge in [-0.25, -0.2) is 4.57 Å². The molecule has 0 aliphatic rings. The summed E-state index contributed by atoms with van der Waals surface area (Å²) in [6.45, 7) is 6.83. The van der Waals surface area contributed by atoms with Gasteiger partial charge in [-0.15, -0.1) is 0 Å². The number of esters is 1. The first-order valence-corrected chi connectivity index (χ1v) is 33.1. The molecule has 0 spiro atoms. The largest absolute Gasteiger partial charge is 0.472 e. The minimum atomic E-state index is -4.47. The minimum absolute atomic E-state index is 0.0228. The van der Waals surface area contributed by atoms with Gasteiger partial charge in [0.25, 0.3) is 0 Å². The maximum atomic E-state index is 13.5. The van der Waals surface area contributed by atoms with Gasteiger partial charge in [0, 0.05) is 12.8 Å². The second kappa shape index (κ2) is 56.2. The summed E-state index contributed by atoms with van der Waals surface area (Å²) in [7, 11) is 1.44. The van der Waals surface area contributed by atoms with E-state index < -0.39 is 20.0 Å². The number of allylic oxidation sites excluding steroid dienone is 15. The Morgan fingerprint density at radius 3 is 1.27 bits per heavy atom. The van der Waals surface area contributed by atoms with Crippen LogP contribution < -0.4 is 5.32 Å². The van der Waals surface area contributed by atoms with Gasteiger partial charge in [0.1, 0.15) is 19.3 Å². The number of amides is 1. The first-order valence-electron chi connectivity index (χ1n) is 31.6. The van der Waals surface area contributed by atoms with Crippen LogP contribution in [0.4, 0.5) is 0 Å². The average molecular weight is 1100 g/mol. The molecule has 0 aliphatic heterocycles. The summed E-state index contributed by atoms with van der Waals surface area (Å²) in [5.74, 6) is -0.605. The molecular weight excluding hydrogens is 976 g/mol. The van der Waals surface area contributed by atoms with Gasteiger partial charge in [0.2, 0.25) is 5.91 Å². The van der Waals surface area contributed by atoms with Crippen LogP contribution >= 0.6 is 7.82 Å². The number of ether oxygens (including phenoxy) is 1. The van der Waals surface area contributed by atoms with Crippen molar-refractivity contribution < 1.29 is 37.3 Å². The van der Waals surface area contributed by atoms with E-state index in [-0.39, 0.29) is 37.9 Å². The molecule has 0 aromatic rings. The molecule has 3 unspecified atom stereocenters. The Labute approximate surface area is 475 Å². The Morgan fingerprint density at radius 1 is 0.468 bits per heavy atom. The van der Waals surface area contributed by atoms with E-state index in [9.17, 15) is 19.0 Å². The highest BCUT2D eigenvalue weighted by atomic mass is 31.2. The Hall–Kier alpha value is -3.07. The first-order chi connectivity index (χ1) is 37.4. The molecule has 77 heavy (non-hydrogen) atoms. The summed E-state index contributed by atoms with van der Waals surface area (Å²) in [4.78, 5) is 37.7. The number of quaternary nitrogens is 1. The van der Waals surface area contributed by atoms with Crippen LogP contribution in [0.25, 0.3) is 0 Å². The second-order valence-electron chi connectivity index (χ2n) is 22.2. The number of phosphoric ester groups is 1. The molecule has 10 heteroatoms. The van der Waals surface area contributed by atoms with Gasteiger partial charge in [-0.05, 0) is 96.0 Å². The highest BCUT2D eigenvalue weighted by molar-refractivity contribution is 7.47. The van der Waals surface area contributed by atoms with Crippen molar-refractivity contribution in [3.63, 3.8) is 0 Å². The van der Waals surface area contributed by atoms with Crippen molar-refractivity contribution >= 4 is 19.7 Å². The van der Waals surface area contributed by atoms with Crippen LogP contribution in [-0.4, -0.2) is 74.3 Å². The molecule has 0 heterocycles. The molecular formula is C67H120N2O7P+. The second-order valence-corrected chi connectivity index (χ2v) is 23.6. The number of likely N-dealkylation sites (N-methyl/N-ethyl adjacent to an activating group) is 1. The monoisotopic (exact) mass is 1100 g/mol. The predicted molar refractivity (Wildman–Crippen MR) is 332 cm³/mol. The summed E-state index contributed by atoms with van der Waals surface area (Å²) in [5.41, 5.74) is 0. The zero-order valence-electron chi connectivity index (χ0n) is 50.7. The van der Waals surface area contributed by atoms with Gasteiger partial charge in [-0.2, -0.15) is 0 Å². The van der Waals surface area contributed by atoms with Gasteiger partial charge in [-0.1, -0.05) is 253 Å². The number of hydrogen-bond donors (Lipinski definition) is 2. The van der Waals surface area contributed by atoms with Crippen LogP contribution in [0.2, 0.25) is 0 Å². The van der Waals surface area contributed by atoms with Crippen molar-refractivity contribution in [2.75, 3.05) is 40.9 Å². The lowest BCUT2D eigenvalue weighted by Crippen LogP contribution is -2.47. The van der Waals surface area contributed by atoms with Crippen molar-refractivity contribution in [3.8, 4) is 0 Å². The summed E-state index contributed by atoms with van der Waals surface area (Å²) in [6, 6.07) is -0.893. The third-order valence-electron chi connectivity index (χ3n) is 13.5. The Balaban J connectivity index is 5.29. The molecule has 0 bridgehead atoms. The number of carbonyl (C=O) groups is 2. The van der Waals surface area contributed by atoms with Crippen LogP contribution in [0.5, 0.6) is 0 Å². The molecule has 1 amide bonds. The highest BCUT2D eigenvalue weighted by Gasteiger charge is 2.30. The van der Waals surface area contributed by atoms with E-state index in [0.29, 0.717) is 17.4 Å². The summed E-state index contributed by atoms with van der Waals surface area (Å²) in [6.07, 6.45) is 75.7. The zero-order chi connectivity index (χ0) is 56.4. The summed E-state index contributed by atoms with van der Waals surface area (Å²) in [5, 5.41) is 3.00. The lowest BCUT2D eigenvalue weighted by molar-refractivity contribution is -0.870. The Bertz CT molecular complexity index is 1640. The standard InChI is InChI=1S/C67H119N2O7P/c1-7-10-13-16-19-22-25-27-29-31-33-34-36-38-40-42-45-48-51-54-57-60-67(71)76-65(58-55-52-49-46-43-24-21-18-15-12-9-3)64(63-75-77(72,73)74-62-61-69(4,5)6)68-66(70)59-56-53-50-47-44-41-39-37-35-32-30-28-26-23-20-17-14-11-8-2/h11,14,20,23,27-30,35,37,41,44,50,53,55,58,64-65H,7-10,12-13,15-19,21-22,24-26,31-34,36,38-40,42-43,45-49,51-52,54,56-57,59-63H2,1-6H3,(H-,68,70,72,73)/p+1/b14-11-,23-20-,29-27+,30-28-,37-35-,44-41-,53-50-,58-55+. The predicted octanol–water partition coefficient (Wildman–Crippen LogP) is 19.6. The Morgan fingerprint density at radius 2 is 0.844 bits per heavy atom. The smallest absolute Gasteiger partial charge is 0.456 e. The van der Waals surface area contributed by atoms with Crippen LogP contribution in [-0.2, 0) is 27.9 Å². The SMILES string of the molecule is CC/C=C\C/C=C\C/C=C\C/C=C\C/C=C\C/C=C\CCC(=O)NC(COP(=O)(O)OCC[N+](C)(C)C)C(/C=C/CCCCCCCCCCC)OC(=O)CCCCCCCCCCCCC/C=C/CCCCCCCC. The quantitative estimate of drug-likeness (QED) is 0.0205. The fraction of sp³-hybridized carbons (Fsp3) is 0.731. The van der Waals surface area contributed by atoms with E-state index in [2.05, 4.69) is 105 Å². The molecule has 0 saturated carbocycles. The zero-order valence-corrected chi connectivity index (χ0v) is 51.6. The topological polar surface area (TPSA) is 111 Å². The fourth-order valence-corrected chi connectivity index (χ4v) is 9.40. The van der Waals surface area contributed by atoms with E-state index in [1.807, 2.05) is 39.4 Å². The van der Waals surface area contributed by atoms with Gasteiger partial charge in [0.05, 0.1) is 33.8 Å². The van der Waals surface area contributed by atoms with Crippen molar-refractivity contribution in [1.82, 2.24) is 5.32 Å². The van der Waals surface area contributed by atoms with Crippen molar-refractivity contribution in [2.24, 2.45) is 0 Å². The van der Waals surface area contributed by atoms with Gasteiger partial charge < -0.3 is 19.4 Å². The molecule has 0 fully saturated rings. The first kappa shape index (κ1) is 73.9. The molecule has 0 aromatic heterocycles. The fourth-order valence-electron chi connectivity index (χ4n) is 8.66. The van der Waals surface area contributed by atoms with Gasteiger partial charge in [0.15, 0.2) is 0 Å². The number of nitrogens with one attached hydrogen (secondary N) is 1. The number of carbonyl (C=O) groups excluding carboxylic acids is 2. The minimum Gasteiger partial charge on any atom is -0.456 e. The normalized spacial score (nSPS) is 14.3. The molecule has 2 N–H and O–H groups in total. The molecule has 0 aliphatic carbocycles. The third-order valence-corrected chi connectivity index (χ3v) is 14.5. The van der Waals surface area contributed by atoms with E-state index >= 15 is 0 Å². The maximum absolute atomic E-state index is 13.5. The molecule has 0 aromatic carbocycles. The van der Waals surface area contributed by atoms with Crippen molar-refractivity contribution in [2.45, 2.75) is 277 Å². The van der Waals surface area contributed by atoms with Gasteiger partial charge in [-0.3, -0.25) is 18.6 Å². The number of phosphoric acid groups is 1. The van der Waals surface area contributed by atoms with E-state index in [4.69, 9.17) is 13.8 Å². The molecule has 0 radical (unpaired) electrons. The molecule has 444 valence electrons. The van der Waals surface area contributed by atoms with Crippen LogP contribution in [0.15, 0.2) is 97.2 Å². The molecule has 3 atom stereocenters.